The summed E-state index contributed by atoms with van der Waals surface area (Å²) in [5, 5.41) is 23.1. The van der Waals surface area contributed by atoms with Gasteiger partial charge in [0.15, 0.2) is 0 Å². The number of rotatable bonds is 4. The summed E-state index contributed by atoms with van der Waals surface area (Å²) in [5.74, 6) is -0.289. The number of benzene rings is 1. The number of nitrogens with one attached hydrogen (secondary N) is 1. The minimum Gasteiger partial charge on any atom is -0.508 e. The van der Waals surface area contributed by atoms with Crippen molar-refractivity contribution < 1.29 is 14.6 Å². The van der Waals surface area contributed by atoms with E-state index in [1.807, 2.05) is 13.8 Å². The van der Waals surface area contributed by atoms with Gasteiger partial charge in [0.1, 0.15) is 11.6 Å². The monoisotopic (exact) mass is 282 g/mol. The molecule has 2 rings (SSSR count). The molecule has 0 amide bonds. The van der Waals surface area contributed by atoms with Crippen LogP contribution in [0.1, 0.15) is 25.5 Å². The summed E-state index contributed by atoms with van der Waals surface area (Å²) < 4.78 is 13.6. The van der Waals surface area contributed by atoms with Crippen LogP contribution < -0.4 is 5.32 Å². The first-order chi connectivity index (χ1) is 9.45. The van der Waals surface area contributed by atoms with Gasteiger partial charge in [0, 0.05) is 49.8 Å². The first kappa shape index (κ1) is 15.2. The zero-order valence-corrected chi connectivity index (χ0v) is 12.1. The highest BCUT2D eigenvalue weighted by Crippen LogP contribution is 2.41. The standard InChI is InChI=1S/C15H23FN2O2/c1-15(2,10-19)14(18-7-5-17-6-8-18)12-9-11(16)3-4-13(12)20/h3-4,9,14,17,19-20H,5-8,10H2,1-2H3/t14-/m1/s1. The maximum Gasteiger partial charge on any atom is 0.123 e. The number of hydrogen-bond donors (Lipinski definition) is 3. The molecule has 1 aliphatic rings. The molecule has 112 valence electrons. The van der Waals surface area contributed by atoms with Gasteiger partial charge in [0.25, 0.3) is 0 Å². The van der Waals surface area contributed by atoms with Crippen molar-refractivity contribution in [3.05, 3.63) is 29.6 Å². The van der Waals surface area contributed by atoms with Crippen LogP contribution in [0.4, 0.5) is 4.39 Å². The second-order valence-corrected chi connectivity index (χ2v) is 6.04. The van der Waals surface area contributed by atoms with Crippen molar-refractivity contribution in [2.45, 2.75) is 19.9 Å². The first-order valence-corrected chi connectivity index (χ1v) is 7.00. The third-order valence-electron chi connectivity index (χ3n) is 3.95. The molecule has 4 nitrogen and oxygen atoms in total. The van der Waals surface area contributed by atoms with Crippen molar-refractivity contribution in [1.82, 2.24) is 10.2 Å². The van der Waals surface area contributed by atoms with Gasteiger partial charge in [0.05, 0.1) is 0 Å². The van der Waals surface area contributed by atoms with E-state index in [4.69, 9.17) is 0 Å². The molecule has 1 aromatic rings. The Kier molecular flexibility index (Phi) is 4.62. The van der Waals surface area contributed by atoms with Crippen LogP contribution in [0.3, 0.4) is 0 Å². The zero-order chi connectivity index (χ0) is 14.8. The van der Waals surface area contributed by atoms with Gasteiger partial charge in [0.2, 0.25) is 0 Å². The maximum absolute atomic E-state index is 13.6. The number of piperazine rings is 1. The molecule has 0 bridgehead atoms. The molecule has 0 spiro atoms. The fraction of sp³-hybridized carbons (Fsp3) is 0.600. The minimum absolute atomic E-state index is 0.0302. The van der Waals surface area contributed by atoms with Crippen LogP contribution in [0.5, 0.6) is 5.75 Å². The molecule has 0 aliphatic carbocycles. The van der Waals surface area contributed by atoms with Gasteiger partial charge in [-0.25, -0.2) is 4.39 Å². The van der Waals surface area contributed by atoms with Crippen molar-refractivity contribution in [3.8, 4) is 5.75 Å². The molecule has 0 unspecified atom stereocenters. The van der Waals surface area contributed by atoms with Crippen molar-refractivity contribution in [2.24, 2.45) is 5.41 Å². The van der Waals surface area contributed by atoms with E-state index in [0.717, 1.165) is 26.2 Å². The summed E-state index contributed by atoms with van der Waals surface area (Å²) in [5.41, 5.74) is 0.0775. The minimum atomic E-state index is -0.470. The van der Waals surface area contributed by atoms with E-state index in [1.165, 1.54) is 18.2 Å². The Morgan fingerprint density at radius 1 is 1.35 bits per heavy atom. The van der Waals surface area contributed by atoms with E-state index in [2.05, 4.69) is 10.2 Å². The van der Waals surface area contributed by atoms with Crippen LogP contribution in [0.15, 0.2) is 18.2 Å². The molecule has 0 saturated carbocycles. The average molecular weight is 282 g/mol. The average Bonchev–Trinajstić information content (AvgIpc) is 2.44. The Morgan fingerprint density at radius 2 is 2.00 bits per heavy atom. The van der Waals surface area contributed by atoms with Crippen molar-refractivity contribution in [2.75, 3.05) is 32.8 Å². The number of nitrogens with zero attached hydrogens (tertiary/aromatic N) is 1. The molecule has 1 fully saturated rings. The molecule has 0 radical (unpaired) electrons. The highest BCUT2D eigenvalue weighted by atomic mass is 19.1. The highest BCUT2D eigenvalue weighted by molar-refractivity contribution is 5.36. The van der Waals surface area contributed by atoms with Gasteiger partial charge >= 0.3 is 0 Å². The first-order valence-electron chi connectivity index (χ1n) is 7.00. The molecule has 1 aromatic carbocycles. The van der Waals surface area contributed by atoms with E-state index >= 15 is 0 Å². The van der Waals surface area contributed by atoms with Gasteiger partial charge in [-0.2, -0.15) is 0 Å². The predicted octanol–water partition coefficient (Wildman–Crippen LogP) is 1.50. The molecule has 3 N–H and O–H groups in total. The number of phenolic OH excluding ortho intramolecular Hbond substituents is 1. The fourth-order valence-electron chi connectivity index (χ4n) is 2.88. The maximum atomic E-state index is 13.6. The Bertz CT molecular complexity index is 459. The highest BCUT2D eigenvalue weighted by Gasteiger charge is 2.37. The molecule has 20 heavy (non-hydrogen) atoms. The molecule has 5 heteroatoms. The second-order valence-electron chi connectivity index (χ2n) is 6.04. The fourth-order valence-corrected chi connectivity index (χ4v) is 2.88. The normalized spacial score (nSPS) is 19.0. The topological polar surface area (TPSA) is 55.7 Å². The quantitative estimate of drug-likeness (QED) is 0.783. The van der Waals surface area contributed by atoms with Crippen LogP contribution in [-0.2, 0) is 0 Å². The SMILES string of the molecule is CC(C)(CO)[C@@H](c1cc(F)ccc1O)N1CCNCC1. The smallest absolute Gasteiger partial charge is 0.123 e. The number of aliphatic hydroxyl groups excluding tert-OH is 1. The lowest BCUT2D eigenvalue weighted by Gasteiger charge is -2.43. The van der Waals surface area contributed by atoms with Crippen LogP contribution in [0.25, 0.3) is 0 Å². The van der Waals surface area contributed by atoms with Gasteiger partial charge in [-0.1, -0.05) is 13.8 Å². The van der Waals surface area contributed by atoms with E-state index in [0.29, 0.717) is 5.56 Å². The third kappa shape index (κ3) is 3.11. The summed E-state index contributed by atoms with van der Waals surface area (Å²) >= 11 is 0. The summed E-state index contributed by atoms with van der Waals surface area (Å²) in [7, 11) is 0. The van der Waals surface area contributed by atoms with Crippen LogP contribution in [0.2, 0.25) is 0 Å². The van der Waals surface area contributed by atoms with Crippen LogP contribution in [0, 0.1) is 11.2 Å². The number of phenols is 1. The van der Waals surface area contributed by atoms with E-state index in [9.17, 15) is 14.6 Å². The largest absolute Gasteiger partial charge is 0.508 e. The van der Waals surface area contributed by atoms with Crippen molar-refractivity contribution in [3.63, 3.8) is 0 Å². The van der Waals surface area contributed by atoms with E-state index in [-0.39, 0.29) is 24.2 Å². The summed E-state index contributed by atoms with van der Waals surface area (Å²) in [4.78, 5) is 2.20. The summed E-state index contributed by atoms with van der Waals surface area (Å²) in [6.07, 6.45) is 0. The lowest BCUT2D eigenvalue weighted by atomic mass is 9.79. The van der Waals surface area contributed by atoms with Crippen LogP contribution in [-0.4, -0.2) is 47.9 Å². The molecule has 1 aliphatic heterocycles. The number of hydrogen-bond acceptors (Lipinski definition) is 4. The van der Waals surface area contributed by atoms with Gasteiger partial charge in [-0.05, 0) is 18.2 Å². The van der Waals surface area contributed by atoms with Gasteiger partial charge in [-0.3, -0.25) is 4.90 Å². The molecular weight excluding hydrogens is 259 g/mol. The van der Waals surface area contributed by atoms with Crippen molar-refractivity contribution >= 4 is 0 Å². The molecule has 1 heterocycles. The van der Waals surface area contributed by atoms with Crippen molar-refractivity contribution in [1.29, 1.82) is 0 Å². The Labute approximate surface area is 119 Å². The second kappa shape index (κ2) is 6.08. The lowest BCUT2D eigenvalue weighted by Crippen LogP contribution is -2.49. The Balaban J connectivity index is 2.42. The van der Waals surface area contributed by atoms with Gasteiger partial charge < -0.3 is 15.5 Å². The summed E-state index contributed by atoms with van der Waals surface area (Å²) in [6.45, 7) is 7.17. The number of aromatic hydroxyl groups is 1. The zero-order valence-electron chi connectivity index (χ0n) is 12.1. The molecule has 1 atom stereocenters. The number of aliphatic hydroxyl groups is 1. The number of halogens is 1. The van der Waals surface area contributed by atoms with E-state index < -0.39 is 5.41 Å². The Hall–Kier alpha value is -1.17. The van der Waals surface area contributed by atoms with Crippen LogP contribution >= 0.6 is 0 Å². The van der Waals surface area contributed by atoms with E-state index in [1.54, 1.807) is 0 Å². The van der Waals surface area contributed by atoms with Gasteiger partial charge in [-0.15, -0.1) is 0 Å². The molecular formula is C15H23FN2O2. The molecule has 1 saturated heterocycles. The Morgan fingerprint density at radius 3 is 2.60 bits per heavy atom. The predicted molar refractivity (Wildman–Crippen MR) is 76.1 cm³/mol. The third-order valence-corrected chi connectivity index (χ3v) is 3.95. The lowest BCUT2D eigenvalue weighted by molar-refractivity contribution is 0.0291. The summed E-state index contributed by atoms with van der Waals surface area (Å²) in [6, 6.07) is 3.79. The molecule has 0 aromatic heterocycles.